The molecule has 7 nitrogen and oxygen atoms in total. The molecule has 3 rings (SSSR count). The molecule has 39 heavy (non-hydrogen) atoms. The molecule has 1 heterocycles. The third-order valence-electron chi connectivity index (χ3n) is 5.99. The first-order chi connectivity index (χ1) is 18.7. The van der Waals surface area contributed by atoms with Gasteiger partial charge in [0.1, 0.15) is 5.75 Å². The Morgan fingerprint density at radius 1 is 1.13 bits per heavy atom. The van der Waals surface area contributed by atoms with E-state index < -0.39 is 11.9 Å². The Bertz CT molecular complexity index is 1320. The number of thiazole rings is 1. The first-order valence-electron chi connectivity index (χ1n) is 12.7. The highest BCUT2D eigenvalue weighted by Crippen LogP contribution is 2.36. The number of para-hydroxylation sites is 1. The number of aromatic nitrogens is 1. The van der Waals surface area contributed by atoms with Crippen LogP contribution in [0, 0.1) is 0 Å². The topological polar surface area (TPSA) is 97.8 Å². The normalized spacial score (nSPS) is 11.5. The van der Waals surface area contributed by atoms with E-state index in [1.165, 1.54) is 62.2 Å². The Balaban J connectivity index is 1.70. The number of carbonyl (C=O) groups is 2. The summed E-state index contributed by atoms with van der Waals surface area (Å²) in [4.78, 5) is 28.6. The highest BCUT2D eigenvalue weighted by Gasteiger charge is 2.17. The minimum Gasteiger partial charge on any atom is -0.496 e. The summed E-state index contributed by atoms with van der Waals surface area (Å²) in [5.74, 6) is -0.847. The number of aliphatic carboxylic acids is 1. The molecular formula is C29H32Cl2N2O5S. The van der Waals surface area contributed by atoms with Crippen LogP contribution < -0.4 is 10.1 Å². The zero-order valence-corrected chi connectivity index (χ0v) is 24.5. The summed E-state index contributed by atoms with van der Waals surface area (Å²) in [5, 5.41) is 14.4. The van der Waals surface area contributed by atoms with Crippen molar-refractivity contribution in [3.63, 3.8) is 0 Å². The van der Waals surface area contributed by atoms with Crippen molar-refractivity contribution in [2.24, 2.45) is 0 Å². The number of rotatable bonds is 14. The van der Waals surface area contributed by atoms with Gasteiger partial charge in [0.15, 0.2) is 5.13 Å². The van der Waals surface area contributed by atoms with Gasteiger partial charge in [0.25, 0.3) is 5.91 Å². The maximum Gasteiger partial charge on any atom is 0.331 e. The number of amides is 1. The Hall–Kier alpha value is -2.91. The number of nitrogens with zero attached hydrogens (tertiary/aromatic N) is 1. The monoisotopic (exact) mass is 590 g/mol. The van der Waals surface area contributed by atoms with Crippen LogP contribution in [0.2, 0.25) is 10.0 Å². The van der Waals surface area contributed by atoms with Gasteiger partial charge in [-0.2, -0.15) is 0 Å². The molecule has 1 aromatic heterocycles. The Morgan fingerprint density at radius 2 is 1.85 bits per heavy atom. The molecule has 0 aliphatic carbocycles. The zero-order chi connectivity index (χ0) is 28.4. The number of ether oxygens (including phenoxy) is 2. The molecule has 2 N–H and O–H groups in total. The number of nitrogens with one attached hydrogen (secondary N) is 1. The van der Waals surface area contributed by atoms with E-state index >= 15 is 0 Å². The van der Waals surface area contributed by atoms with E-state index in [1.54, 1.807) is 7.11 Å². The van der Waals surface area contributed by atoms with Crippen molar-refractivity contribution in [1.82, 2.24) is 4.98 Å². The predicted octanol–water partition coefficient (Wildman–Crippen LogP) is 8.35. The van der Waals surface area contributed by atoms with Gasteiger partial charge in [0, 0.05) is 39.8 Å². The number of carboxylic acid groups (broad SMARTS) is 1. The molecule has 0 atom stereocenters. The largest absolute Gasteiger partial charge is 0.496 e. The maximum absolute atomic E-state index is 12.9. The fraction of sp³-hybridized carbons (Fsp3) is 0.345. The fourth-order valence-corrected chi connectivity index (χ4v) is 5.19. The average Bonchev–Trinajstić information content (AvgIpc) is 3.37. The molecule has 0 unspecified atom stereocenters. The van der Waals surface area contributed by atoms with Gasteiger partial charge in [0.2, 0.25) is 0 Å². The number of benzene rings is 2. The maximum atomic E-state index is 12.9. The van der Waals surface area contributed by atoms with E-state index in [0.717, 1.165) is 17.5 Å². The molecule has 0 aliphatic rings. The second-order valence-electron chi connectivity index (χ2n) is 8.94. The molecule has 0 bridgehead atoms. The number of halogens is 2. The smallest absolute Gasteiger partial charge is 0.331 e. The summed E-state index contributed by atoms with van der Waals surface area (Å²) in [7, 11) is 1.62. The number of carboxylic acids is 1. The third-order valence-corrected chi connectivity index (χ3v) is 7.37. The summed E-state index contributed by atoms with van der Waals surface area (Å²) < 4.78 is 11.6. The summed E-state index contributed by atoms with van der Waals surface area (Å²) in [6.45, 7) is 4.78. The van der Waals surface area contributed by atoms with E-state index in [4.69, 9.17) is 37.8 Å². The van der Waals surface area contributed by atoms with Gasteiger partial charge < -0.3 is 14.6 Å². The molecule has 3 aromatic rings. The number of anilines is 1. The number of hydrogen-bond acceptors (Lipinski definition) is 6. The molecule has 0 radical (unpaired) electrons. The van der Waals surface area contributed by atoms with Crippen LogP contribution in [0.3, 0.4) is 0 Å². The lowest BCUT2D eigenvalue weighted by atomic mass is 10.1. The lowest BCUT2D eigenvalue weighted by Gasteiger charge is -2.13. The van der Waals surface area contributed by atoms with E-state index in [9.17, 15) is 9.59 Å². The molecule has 0 saturated heterocycles. The average molecular weight is 592 g/mol. The van der Waals surface area contributed by atoms with E-state index in [1.807, 2.05) is 23.6 Å². The van der Waals surface area contributed by atoms with Gasteiger partial charge in [-0.05, 0) is 37.6 Å². The Kier molecular flexibility index (Phi) is 11.8. The Morgan fingerprint density at radius 3 is 2.51 bits per heavy atom. The third kappa shape index (κ3) is 8.54. The first-order valence-corrected chi connectivity index (χ1v) is 14.3. The van der Waals surface area contributed by atoms with Gasteiger partial charge in [0.05, 0.1) is 29.5 Å². The Labute approximate surface area is 242 Å². The van der Waals surface area contributed by atoms with Crippen LogP contribution >= 0.6 is 34.5 Å². The van der Waals surface area contributed by atoms with Crippen molar-refractivity contribution in [1.29, 1.82) is 0 Å². The summed E-state index contributed by atoms with van der Waals surface area (Å²) >= 11 is 13.9. The molecule has 0 fully saturated rings. The van der Waals surface area contributed by atoms with Gasteiger partial charge in [-0.3, -0.25) is 10.1 Å². The lowest BCUT2D eigenvalue weighted by Crippen LogP contribution is -2.12. The van der Waals surface area contributed by atoms with Crippen molar-refractivity contribution >= 4 is 57.6 Å². The van der Waals surface area contributed by atoms with E-state index in [0.29, 0.717) is 35.4 Å². The van der Waals surface area contributed by atoms with Gasteiger partial charge in [-0.1, -0.05) is 67.9 Å². The van der Waals surface area contributed by atoms with Crippen molar-refractivity contribution in [2.45, 2.75) is 52.6 Å². The van der Waals surface area contributed by atoms with Crippen LogP contribution in [0.1, 0.15) is 67.4 Å². The molecule has 208 valence electrons. The van der Waals surface area contributed by atoms with Crippen LogP contribution in [0.5, 0.6) is 5.75 Å². The molecule has 2 aromatic carbocycles. The van der Waals surface area contributed by atoms with Crippen LogP contribution in [-0.2, 0) is 16.1 Å². The quantitative estimate of drug-likeness (QED) is 0.144. The van der Waals surface area contributed by atoms with Gasteiger partial charge in [-0.15, -0.1) is 11.3 Å². The zero-order valence-electron chi connectivity index (χ0n) is 22.2. The molecule has 0 aliphatic heterocycles. The highest BCUT2D eigenvalue weighted by molar-refractivity contribution is 7.14. The predicted molar refractivity (Wildman–Crippen MR) is 158 cm³/mol. The highest BCUT2D eigenvalue weighted by atomic mass is 35.5. The molecule has 1 amide bonds. The number of hydrogen-bond donors (Lipinski definition) is 2. The molecule has 10 heteroatoms. The minimum absolute atomic E-state index is 0.0692. The van der Waals surface area contributed by atoms with Gasteiger partial charge in [-0.25, -0.2) is 9.78 Å². The first kappa shape index (κ1) is 30.6. The minimum atomic E-state index is -1.09. The summed E-state index contributed by atoms with van der Waals surface area (Å²) in [6, 6.07) is 8.70. The van der Waals surface area contributed by atoms with Crippen LogP contribution in [0.25, 0.3) is 17.3 Å². The van der Waals surface area contributed by atoms with Crippen molar-refractivity contribution < 1.29 is 24.2 Å². The van der Waals surface area contributed by atoms with Crippen LogP contribution in [0.15, 0.2) is 41.3 Å². The second-order valence-corrected chi connectivity index (χ2v) is 10.6. The summed E-state index contributed by atoms with van der Waals surface area (Å²) in [6.07, 6.45) is 7.28. The van der Waals surface area contributed by atoms with E-state index in [-0.39, 0.29) is 21.2 Å². The van der Waals surface area contributed by atoms with Gasteiger partial charge >= 0.3 is 5.97 Å². The second kappa shape index (κ2) is 15.0. The molecule has 0 spiro atoms. The summed E-state index contributed by atoms with van der Waals surface area (Å²) in [5.41, 5.74) is 3.01. The molecule has 0 saturated carbocycles. The fourth-order valence-electron chi connectivity index (χ4n) is 3.89. The SMILES string of the molecule is CCCCCCCOCc1cccc(-c2csc(NC(=O)c3cc(Cl)c(C=C(C)C(=O)O)c(Cl)c3)n2)c1OC. The van der Waals surface area contributed by atoms with Crippen molar-refractivity contribution in [3.05, 3.63) is 68.0 Å². The van der Waals surface area contributed by atoms with Crippen molar-refractivity contribution in [2.75, 3.05) is 19.0 Å². The lowest BCUT2D eigenvalue weighted by molar-refractivity contribution is -0.132. The number of methoxy groups -OCH3 is 1. The van der Waals surface area contributed by atoms with Crippen LogP contribution in [0.4, 0.5) is 5.13 Å². The molecular weight excluding hydrogens is 559 g/mol. The van der Waals surface area contributed by atoms with Crippen molar-refractivity contribution in [3.8, 4) is 17.0 Å². The number of unbranched alkanes of at least 4 members (excludes halogenated alkanes) is 4. The standard InChI is InChI=1S/C29H32Cl2N2O5S/c1-4-5-6-7-8-12-38-16-19-10-9-11-21(26(19)37-3)25-17-39-29(32-25)33-27(34)20-14-23(30)22(24(31)15-20)13-18(2)28(35)36/h9-11,13-15,17H,4-8,12,16H2,1-3H3,(H,35,36)(H,32,33,34). The number of carbonyl (C=O) groups excluding carboxylic acids is 1. The van der Waals surface area contributed by atoms with Crippen LogP contribution in [-0.4, -0.2) is 35.7 Å². The van der Waals surface area contributed by atoms with E-state index in [2.05, 4.69) is 17.2 Å².